The van der Waals surface area contributed by atoms with Crippen molar-refractivity contribution in [1.82, 2.24) is 4.98 Å². The molecule has 1 aromatic heterocycles. The molecular weight excluding hydrogens is 168 g/mol. The van der Waals surface area contributed by atoms with E-state index in [0.717, 1.165) is 21.3 Å². The van der Waals surface area contributed by atoms with Crippen LogP contribution in [0.5, 0.6) is 0 Å². The van der Waals surface area contributed by atoms with Gasteiger partial charge in [0.15, 0.2) is 0 Å². The third-order valence-electron chi connectivity index (χ3n) is 1.37. The van der Waals surface area contributed by atoms with E-state index in [1.807, 2.05) is 20.8 Å². The molecule has 0 bridgehead atoms. The molecule has 12 heavy (non-hydrogen) atoms. The molecule has 0 fully saturated rings. The van der Waals surface area contributed by atoms with Gasteiger partial charge < -0.3 is 0 Å². The predicted octanol–water partition coefficient (Wildman–Crippen LogP) is 3.21. The summed E-state index contributed by atoms with van der Waals surface area (Å²) in [4.78, 5) is 8.55. The number of nitrogens with zero attached hydrogens (tertiary/aromatic N) is 2. The normalized spacial score (nSPS) is 10.9. The molecule has 1 rings (SSSR count). The highest BCUT2D eigenvalue weighted by molar-refractivity contribution is 7.15. The van der Waals surface area contributed by atoms with Crippen molar-refractivity contribution in [2.75, 3.05) is 0 Å². The summed E-state index contributed by atoms with van der Waals surface area (Å²) in [6.07, 6.45) is 1.78. The smallest absolute Gasteiger partial charge is 0.143 e. The number of hydrogen-bond donors (Lipinski definition) is 0. The molecule has 2 nitrogen and oxygen atoms in total. The fourth-order valence-electron chi connectivity index (χ4n) is 0.899. The Kier molecular flexibility index (Phi) is 2.76. The Hall–Kier alpha value is -0.960. The van der Waals surface area contributed by atoms with Crippen LogP contribution in [0.4, 0.5) is 5.00 Å². The average Bonchev–Trinajstić information content (AvgIpc) is 2.32. The van der Waals surface area contributed by atoms with Crippen LogP contribution in [0.1, 0.15) is 24.5 Å². The van der Waals surface area contributed by atoms with Gasteiger partial charge in [0.2, 0.25) is 0 Å². The molecular formula is C9H12N2S. The quantitative estimate of drug-likeness (QED) is 0.641. The summed E-state index contributed by atoms with van der Waals surface area (Å²) >= 11 is 1.60. The van der Waals surface area contributed by atoms with E-state index in [0.29, 0.717) is 0 Å². The minimum absolute atomic E-state index is 0.926. The molecule has 0 unspecified atom stereocenters. The van der Waals surface area contributed by atoms with Crippen molar-refractivity contribution in [2.24, 2.45) is 4.99 Å². The second kappa shape index (κ2) is 3.63. The van der Waals surface area contributed by atoms with Crippen molar-refractivity contribution in [2.45, 2.75) is 20.8 Å². The summed E-state index contributed by atoms with van der Waals surface area (Å²) in [7, 11) is 0. The van der Waals surface area contributed by atoms with Gasteiger partial charge in [-0.25, -0.2) is 9.98 Å². The van der Waals surface area contributed by atoms with Gasteiger partial charge in [-0.05, 0) is 26.3 Å². The zero-order chi connectivity index (χ0) is 9.14. The van der Waals surface area contributed by atoms with Gasteiger partial charge in [0, 0.05) is 6.21 Å². The summed E-state index contributed by atoms with van der Waals surface area (Å²) in [5.74, 6) is 0. The maximum atomic E-state index is 4.33. The summed E-state index contributed by atoms with van der Waals surface area (Å²) in [5, 5.41) is 2.00. The summed E-state index contributed by atoms with van der Waals surface area (Å²) in [5.41, 5.74) is 1.90. The van der Waals surface area contributed by atoms with E-state index in [4.69, 9.17) is 0 Å². The van der Waals surface area contributed by atoms with Crippen LogP contribution in [0.3, 0.4) is 0 Å². The van der Waals surface area contributed by atoms with Crippen LogP contribution in [-0.4, -0.2) is 11.2 Å². The predicted molar refractivity (Wildman–Crippen MR) is 55.4 cm³/mol. The number of rotatable bonds is 2. The number of hydrogen-bond acceptors (Lipinski definition) is 3. The number of aromatic nitrogens is 1. The Balaban J connectivity index is 3.17. The Bertz CT molecular complexity index is 323. The zero-order valence-electron chi connectivity index (χ0n) is 7.59. The molecule has 0 N–H and O–H groups in total. The van der Waals surface area contributed by atoms with Crippen molar-refractivity contribution in [1.29, 1.82) is 0 Å². The molecule has 1 aromatic rings. The van der Waals surface area contributed by atoms with E-state index in [9.17, 15) is 0 Å². The second-order valence-electron chi connectivity index (χ2n) is 2.55. The van der Waals surface area contributed by atoms with Gasteiger partial charge in [-0.2, -0.15) is 0 Å². The monoisotopic (exact) mass is 180 g/mol. The van der Waals surface area contributed by atoms with Crippen LogP contribution in [0.15, 0.2) is 11.6 Å². The highest BCUT2D eigenvalue weighted by Crippen LogP contribution is 2.30. The average molecular weight is 180 g/mol. The number of allylic oxidation sites excluding steroid dienone is 1. The first-order valence-corrected chi connectivity index (χ1v) is 4.58. The lowest BCUT2D eigenvalue weighted by atomic mass is 10.2. The third-order valence-corrected chi connectivity index (χ3v) is 2.25. The van der Waals surface area contributed by atoms with Gasteiger partial charge in [-0.1, -0.05) is 17.9 Å². The summed E-state index contributed by atoms with van der Waals surface area (Å²) in [6, 6.07) is 0. The van der Waals surface area contributed by atoms with Gasteiger partial charge in [-0.3, -0.25) is 0 Å². The molecule has 0 aliphatic heterocycles. The zero-order valence-corrected chi connectivity index (χ0v) is 8.40. The molecule has 0 aromatic carbocycles. The van der Waals surface area contributed by atoms with Crippen molar-refractivity contribution in [3.05, 3.63) is 17.3 Å². The maximum absolute atomic E-state index is 4.33. The molecule has 64 valence electrons. The lowest BCUT2D eigenvalue weighted by Crippen LogP contribution is -1.78. The maximum Gasteiger partial charge on any atom is 0.143 e. The van der Waals surface area contributed by atoms with Gasteiger partial charge in [0.1, 0.15) is 10.7 Å². The Morgan fingerprint density at radius 2 is 2.33 bits per heavy atom. The lowest BCUT2D eigenvalue weighted by Gasteiger charge is -1.92. The first kappa shape index (κ1) is 9.13. The highest BCUT2D eigenvalue weighted by Gasteiger charge is 2.06. The number of thiazole rings is 1. The van der Waals surface area contributed by atoms with E-state index in [2.05, 4.69) is 16.6 Å². The van der Waals surface area contributed by atoms with E-state index in [-0.39, 0.29) is 0 Å². The number of aliphatic imine (C=N–C) groups is 1. The van der Waals surface area contributed by atoms with Crippen LogP contribution in [0.2, 0.25) is 0 Å². The molecule has 0 spiro atoms. The van der Waals surface area contributed by atoms with Crippen LogP contribution in [-0.2, 0) is 0 Å². The number of aryl methyl sites for hydroxylation is 1. The Morgan fingerprint density at radius 3 is 2.83 bits per heavy atom. The Labute approximate surface area is 76.7 Å². The van der Waals surface area contributed by atoms with Crippen molar-refractivity contribution < 1.29 is 0 Å². The minimum atomic E-state index is 0.926. The van der Waals surface area contributed by atoms with Crippen LogP contribution in [0, 0.1) is 6.92 Å². The van der Waals surface area contributed by atoms with E-state index in [1.165, 1.54) is 0 Å². The summed E-state index contributed by atoms with van der Waals surface area (Å²) < 4.78 is 0. The molecule has 0 saturated carbocycles. The Morgan fingerprint density at radius 1 is 1.67 bits per heavy atom. The molecule has 3 heteroatoms. The van der Waals surface area contributed by atoms with Crippen LogP contribution >= 0.6 is 11.3 Å². The molecule has 0 amide bonds. The standard InChI is InChI=1S/C9H12N2S/c1-5-10-9-8(6(2)3)11-7(4)12-9/h5H,2H2,1,3-4H3/b10-5-. The third kappa shape index (κ3) is 1.80. The van der Waals surface area contributed by atoms with Crippen LogP contribution < -0.4 is 0 Å². The van der Waals surface area contributed by atoms with Crippen molar-refractivity contribution >= 4 is 28.1 Å². The van der Waals surface area contributed by atoms with Gasteiger partial charge in [-0.15, -0.1) is 0 Å². The first-order valence-electron chi connectivity index (χ1n) is 3.77. The summed E-state index contributed by atoms with van der Waals surface area (Å²) in [6.45, 7) is 9.68. The lowest BCUT2D eigenvalue weighted by molar-refractivity contribution is 1.25. The molecule has 0 radical (unpaired) electrons. The van der Waals surface area contributed by atoms with Crippen molar-refractivity contribution in [3.8, 4) is 0 Å². The van der Waals surface area contributed by atoms with E-state index >= 15 is 0 Å². The van der Waals surface area contributed by atoms with Gasteiger partial charge >= 0.3 is 0 Å². The molecule has 0 aliphatic carbocycles. The SMILES string of the molecule is C=C(C)c1nc(C)sc1/N=C\C. The molecule has 1 heterocycles. The largest absolute Gasteiger partial charge is 0.248 e. The van der Waals surface area contributed by atoms with Crippen LogP contribution in [0.25, 0.3) is 5.57 Å². The minimum Gasteiger partial charge on any atom is -0.248 e. The van der Waals surface area contributed by atoms with Gasteiger partial charge in [0.25, 0.3) is 0 Å². The molecule has 0 atom stereocenters. The highest BCUT2D eigenvalue weighted by atomic mass is 32.1. The fourth-order valence-corrected chi connectivity index (χ4v) is 1.79. The topological polar surface area (TPSA) is 25.2 Å². The molecule has 0 saturated heterocycles. The first-order chi connectivity index (χ1) is 5.65. The fraction of sp³-hybridized carbons (Fsp3) is 0.333. The van der Waals surface area contributed by atoms with Gasteiger partial charge in [0.05, 0.1) is 5.01 Å². The molecule has 0 aliphatic rings. The van der Waals surface area contributed by atoms with E-state index in [1.54, 1.807) is 17.6 Å². The van der Waals surface area contributed by atoms with E-state index < -0.39 is 0 Å². The second-order valence-corrected chi connectivity index (χ2v) is 3.74. The van der Waals surface area contributed by atoms with Crippen molar-refractivity contribution in [3.63, 3.8) is 0 Å².